The lowest BCUT2D eigenvalue weighted by atomic mass is 9.94. The Morgan fingerprint density at radius 1 is 1.00 bits per heavy atom. The second kappa shape index (κ2) is 6.96. The molecule has 1 saturated heterocycles. The number of rotatable bonds is 4. The molecule has 1 heterocycles. The molecule has 0 saturated carbocycles. The van der Waals surface area contributed by atoms with E-state index in [1.807, 2.05) is 48.5 Å². The second-order valence-corrected chi connectivity index (χ2v) is 7.79. The van der Waals surface area contributed by atoms with Crippen LogP contribution in [0, 0.1) is 0 Å². The highest BCUT2D eigenvalue weighted by Crippen LogP contribution is 2.47. The zero-order chi connectivity index (χ0) is 19.2. The SMILES string of the molecule is O=P(O)(O)O[C@H]1C(c2cccc3cc4ccccc4cc23)O[C@H](CO)[C@H]1O. The van der Waals surface area contributed by atoms with Gasteiger partial charge in [-0.3, -0.25) is 4.52 Å². The van der Waals surface area contributed by atoms with Crippen molar-refractivity contribution in [3.05, 3.63) is 60.2 Å². The third-order valence-electron chi connectivity index (χ3n) is 4.86. The van der Waals surface area contributed by atoms with Crippen molar-refractivity contribution in [1.29, 1.82) is 0 Å². The van der Waals surface area contributed by atoms with Gasteiger partial charge in [-0.2, -0.15) is 0 Å². The molecule has 4 atom stereocenters. The van der Waals surface area contributed by atoms with Crippen molar-refractivity contribution in [2.45, 2.75) is 24.4 Å². The summed E-state index contributed by atoms with van der Waals surface area (Å²) in [7, 11) is -4.87. The van der Waals surface area contributed by atoms with Crippen LogP contribution in [-0.4, -0.2) is 44.9 Å². The Balaban J connectivity index is 1.86. The molecule has 0 aromatic heterocycles. The Morgan fingerprint density at radius 3 is 2.33 bits per heavy atom. The van der Waals surface area contributed by atoms with E-state index < -0.39 is 38.8 Å². The van der Waals surface area contributed by atoms with Crippen LogP contribution in [0.1, 0.15) is 11.7 Å². The first kappa shape index (κ1) is 18.5. The maximum absolute atomic E-state index is 11.4. The number of benzene rings is 3. The van der Waals surface area contributed by atoms with Gasteiger partial charge in [-0.25, -0.2) is 4.57 Å². The smallest absolute Gasteiger partial charge is 0.394 e. The van der Waals surface area contributed by atoms with Gasteiger partial charge in [0.2, 0.25) is 0 Å². The van der Waals surface area contributed by atoms with Crippen LogP contribution in [0.25, 0.3) is 21.5 Å². The lowest BCUT2D eigenvalue weighted by Crippen LogP contribution is -2.34. The van der Waals surface area contributed by atoms with Gasteiger partial charge in [0, 0.05) is 0 Å². The number of phosphoric acid groups is 1. The first-order valence-electron chi connectivity index (χ1n) is 8.47. The zero-order valence-corrected chi connectivity index (χ0v) is 15.1. The molecule has 1 aliphatic heterocycles. The third-order valence-corrected chi connectivity index (χ3v) is 5.38. The molecule has 27 heavy (non-hydrogen) atoms. The largest absolute Gasteiger partial charge is 0.470 e. The van der Waals surface area contributed by atoms with Gasteiger partial charge in [-0.05, 0) is 39.2 Å². The number of aliphatic hydroxyl groups excluding tert-OH is 2. The van der Waals surface area contributed by atoms with Crippen LogP contribution in [0.2, 0.25) is 0 Å². The summed E-state index contributed by atoms with van der Waals surface area (Å²) in [5, 5.41) is 23.6. The van der Waals surface area contributed by atoms with Crippen molar-refractivity contribution in [3.63, 3.8) is 0 Å². The highest BCUT2D eigenvalue weighted by molar-refractivity contribution is 7.46. The van der Waals surface area contributed by atoms with E-state index in [1.165, 1.54) is 0 Å². The Kier molecular flexibility index (Phi) is 4.78. The minimum atomic E-state index is -4.87. The molecule has 0 spiro atoms. The molecular weight excluding hydrogens is 371 g/mol. The average molecular weight is 390 g/mol. The number of hydrogen-bond donors (Lipinski definition) is 4. The first-order chi connectivity index (χ1) is 12.9. The summed E-state index contributed by atoms with van der Waals surface area (Å²) < 4.78 is 21.9. The van der Waals surface area contributed by atoms with E-state index in [0.717, 1.165) is 21.5 Å². The molecule has 4 rings (SSSR count). The quantitative estimate of drug-likeness (QED) is 0.399. The topological polar surface area (TPSA) is 116 Å². The fourth-order valence-corrected chi connectivity index (χ4v) is 4.21. The first-order valence-corrected chi connectivity index (χ1v) is 10.00. The second-order valence-electron chi connectivity index (χ2n) is 6.60. The molecule has 0 bridgehead atoms. The van der Waals surface area contributed by atoms with Gasteiger partial charge in [-0.1, -0.05) is 42.5 Å². The molecule has 1 unspecified atom stereocenters. The van der Waals surface area contributed by atoms with Crippen LogP contribution >= 0.6 is 7.82 Å². The Morgan fingerprint density at radius 2 is 1.67 bits per heavy atom. The van der Waals surface area contributed by atoms with Crippen molar-refractivity contribution >= 4 is 29.4 Å². The Bertz CT molecular complexity index is 1030. The van der Waals surface area contributed by atoms with Crippen molar-refractivity contribution in [2.24, 2.45) is 0 Å². The summed E-state index contributed by atoms with van der Waals surface area (Å²) in [4.78, 5) is 18.5. The van der Waals surface area contributed by atoms with E-state index in [4.69, 9.17) is 9.26 Å². The normalized spacial score (nSPS) is 26.1. The van der Waals surface area contributed by atoms with Crippen molar-refractivity contribution in [1.82, 2.24) is 0 Å². The van der Waals surface area contributed by atoms with E-state index in [2.05, 4.69) is 0 Å². The van der Waals surface area contributed by atoms with Crippen LogP contribution in [-0.2, 0) is 13.8 Å². The van der Waals surface area contributed by atoms with Gasteiger partial charge in [0.15, 0.2) is 0 Å². The number of phosphoric ester groups is 1. The molecule has 4 N–H and O–H groups in total. The number of aliphatic hydroxyl groups is 2. The molecular formula is C19H19O7P. The van der Waals surface area contributed by atoms with Crippen molar-refractivity contribution in [3.8, 4) is 0 Å². The average Bonchev–Trinajstić information content (AvgIpc) is 2.93. The fourth-order valence-electron chi connectivity index (χ4n) is 3.65. The lowest BCUT2D eigenvalue weighted by molar-refractivity contribution is -0.0223. The van der Waals surface area contributed by atoms with Crippen LogP contribution in [0.4, 0.5) is 0 Å². The van der Waals surface area contributed by atoms with Gasteiger partial charge in [0.1, 0.15) is 24.4 Å². The molecule has 3 aromatic carbocycles. The fraction of sp³-hybridized carbons (Fsp3) is 0.263. The van der Waals surface area contributed by atoms with E-state index in [0.29, 0.717) is 5.56 Å². The number of fused-ring (bicyclic) bond motifs is 2. The molecule has 1 fully saturated rings. The molecule has 0 radical (unpaired) electrons. The molecule has 0 aliphatic carbocycles. The zero-order valence-electron chi connectivity index (χ0n) is 14.2. The molecule has 142 valence electrons. The Hall–Kier alpha value is -1.83. The lowest BCUT2D eigenvalue weighted by Gasteiger charge is -2.22. The highest BCUT2D eigenvalue weighted by Gasteiger charge is 2.48. The van der Waals surface area contributed by atoms with E-state index in [-0.39, 0.29) is 0 Å². The van der Waals surface area contributed by atoms with Gasteiger partial charge in [0.05, 0.1) is 6.61 Å². The van der Waals surface area contributed by atoms with Gasteiger partial charge in [-0.15, -0.1) is 0 Å². The van der Waals surface area contributed by atoms with Crippen LogP contribution in [0.5, 0.6) is 0 Å². The van der Waals surface area contributed by atoms with Crippen LogP contribution in [0.15, 0.2) is 54.6 Å². The molecule has 8 heteroatoms. The summed E-state index contributed by atoms with van der Waals surface area (Å²) in [6, 6.07) is 17.3. The van der Waals surface area contributed by atoms with Gasteiger partial charge in [0.25, 0.3) is 0 Å². The molecule has 0 amide bonds. The number of hydrogen-bond acceptors (Lipinski definition) is 5. The minimum Gasteiger partial charge on any atom is -0.394 e. The monoisotopic (exact) mass is 390 g/mol. The van der Waals surface area contributed by atoms with Crippen LogP contribution < -0.4 is 0 Å². The summed E-state index contributed by atoms with van der Waals surface area (Å²) in [5.74, 6) is 0. The summed E-state index contributed by atoms with van der Waals surface area (Å²) in [5.41, 5.74) is 0.631. The van der Waals surface area contributed by atoms with Crippen LogP contribution in [0.3, 0.4) is 0 Å². The maximum atomic E-state index is 11.4. The highest BCUT2D eigenvalue weighted by atomic mass is 31.2. The van der Waals surface area contributed by atoms with Gasteiger partial charge < -0.3 is 24.7 Å². The maximum Gasteiger partial charge on any atom is 0.470 e. The van der Waals surface area contributed by atoms with E-state index >= 15 is 0 Å². The molecule has 1 aliphatic rings. The summed E-state index contributed by atoms with van der Waals surface area (Å²) in [6.45, 7) is -0.494. The summed E-state index contributed by atoms with van der Waals surface area (Å²) in [6.07, 6.45) is -4.61. The van der Waals surface area contributed by atoms with Crippen molar-refractivity contribution in [2.75, 3.05) is 6.61 Å². The standard InChI is InChI=1S/C19H19O7P/c20-10-16-17(21)19(26-27(22,23)24)18(25-16)14-7-3-6-13-8-11-4-1-2-5-12(11)9-15(13)14/h1-9,16-21H,10H2,(H2,22,23,24)/t16-,17-,18?,19-/m1/s1. The predicted octanol–water partition coefficient (Wildman–Crippen LogP) is 2.26. The molecule has 3 aromatic rings. The van der Waals surface area contributed by atoms with E-state index in [1.54, 1.807) is 6.07 Å². The van der Waals surface area contributed by atoms with Gasteiger partial charge >= 0.3 is 7.82 Å². The van der Waals surface area contributed by atoms with E-state index in [9.17, 15) is 24.6 Å². The third kappa shape index (κ3) is 3.51. The summed E-state index contributed by atoms with van der Waals surface area (Å²) >= 11 is 0. The minimum absolute atomic E-state index is 0.494. The van der Waals surface area contributed by atoms with Crippen molar-refractivity contribution < 1.29 is 33.8 Å². The molecule has 7 nitrogen and oxygen atoms in total. The predicted molar refractivity (Wildman–Crippen MR) is 99.1 cm³/mol. The number of ether oxygens (including phenoxy) is 1. The Labute approximate surface area is 155 Å².